The maximum atomic E-state index is 12.8. The molecule has 5 nitrogen and oxygen atoms in total. The highest BCUT2D eigenvalue weighted by Gasteiger charge is 2.48. The third-order valence-corrected chi connectivity index (χ3v) is 8.14. The standard InChI is InChI=1S/C12H14FNO4S2/c13-9-1-3-10(4-2-9)19(15,16)12-7-14(8-12)20(17,18)11-5-6-11/h1-4,11-12H,5-8H2. The fourth-order valence-electron chi connectivity index (χ4n) is 2.20. The van der Waals surface area contributed by atoms with Crippen molar-refractivity contribution in [2.75, 3.05) is 13.1 Å². The summed E-state index contributed by atoms with van der Waals surface area (Å²) in [4.78, 5) is 0.0346. The summed E-state index contributed by atoms with van der Waals surface area (Å²) in [6, 6.07) is 4.60. The molecule has 2 fully saturated rings. The van der Waals surface area contributed by atoms with Crippen LogP contribution in [-0.2, 0) is 19.9 Å². The minimum atomic E-state index is -3.59. The second-order valence-electron chi connectivity index (χ2n) is 5.18. The molecule has 0 amide bonds. The zero-order chi connectivity index (χ0) is 14.5. The number of halogens is 1. The summed E-state index contributed by atoms with van der Waals surface area (Å²) in [6.07, 6.45) is 1.32. The largest absolute Gasteiger partial charge is 0.223 e. The van der Waals surface area contributed by atoms with Crippen LogP contribution in [0.25, 0.3) is 0 Å². The number of hydrogen-bond donors (Lipinski definition) is 0. The van der Waals surface area contributed by atoms with E-state index in [1.807, 2.05) is 0 Å². The summed E-state index contributed by atoms with van der Waals surface area (Å²) in [5, 5.41) is -1.06. The predicted octanol–water partition coefficient (Wildman–Crippen LogP) is 0.776. The topological polar surface area (TPSA) is 71.5 Å². The van der Waals surface area contributed by atoms with E-state index in [-0.39, 0.29) is 23.2 Å². The van der Waals surface area contributed by atoms with Crippen molar-refractivity contribution in [1.29, 1.82) is 0 Å². The molecule has 0 radical (unpaired) electrons. The van der Waals surface area contributed by atoms with Gasteiger partial charge in [0, 0.05) is 13.1 Å². The van der Waals surface area contributed by atoms with Crippen LogP contribution in [-0.4, -0.2) is 44.7 Å². The van der Waals surface area contributed by atoms with Gasteiger partial charge in [-0.05, 0) is 37.1 Å². The van der Waals surface area contributed by atoms with Crippen molar-refractivity contribution in [3.63, 3.8) is 0 Å². The van der Waals surface area contributed by atoms with Gasteiger partial charge in [-0.25, -0.2) is 21.2 Å². The van der Waals surface area contributed by atoms with Crippen molar-refractivity contribution >= 4 is 19.9 Å². The SMILES string of the molecule is O=S(=O)(c1ccc(F)cc1)C1CN(S(=O)(=O)C2CC2)C1. The van der Waals surface area contributed by atoms with Gasteiger partial charge in [0.05, 0.1) is 15.4 Å². The molecule has 2 aliphatic rings. The Morgan fingerprint density at radius 3 is 2.00 bits per heavy atom. The Morgan fingerprint density at radius 2 is 1.50 bits per heavy atom. The van der Waals surface area contributed by atoms with Crippen LogP contribution in [0.3, 0.4) is 0 Å². The minimum Gasteiger partial charge on any atom is -0.223 e. The van der Waals surface area contributed by atoms with Crippen molar-refractivity contribution in [3.05, 3.63) is 30.1 Å². The van der Waals surface area contributed by atoms with Gasteiger partial charge in [0.25, 0.3) is 0 Å². The predicted molar refractivity (Wildman–Crippen MR) is 70.9 cm³/mol. The molecule has 1 aliphatic carbocycles. The lowest BCUT2D eigenvalue weighted by Crippen LogP contribution is -2.57. The first-order chi connectivity index (χ1) is 9.31. The highest BCUT2D eigenvalue weighted by Crippen LogP contribution is 2.35. The van der Waals surface area contributed by atoms with E-state index in [2.05, 4.69) is 0 Å². The quantitative estimate of drug-likeness (QED) is 0.769. The maximum absolute atomic E-state index is 12.8. The molecule has 1 saturated carbocycles. The van der Waals surface area contributed by atoms with Crippen molar-refractivity contribution < 1.29 is 21.2 Å². The lowest BCUT2D eigenvalue weighted by Gasteiger charge is -2.37. The van der Waals surface area contributed by atoms with Crippen LogP contribution >= 0.6 is 0 Å². The molecule has 20 heavy (non-hydrogen) atoms. The molecule has 8 heteroatoms. The van der Waals surface area contributed by atoms with Gasteiger partial charge in [-0.15, -0.1) is 0 Å². The van der Waals surface area contributed by atoms with Gasteiger partial charge in [-0.3, -0.25) is 0 Å². The van der Waals surface area contributed by atoms with Crippen LogP contribution in [0.4, 0.5) is 4.39 Å². The van der Waals surface area contributed by atoms with E-state index in [0.717, 1.165) is 12.1 Å². The van der Waals surface area contributed by atoms with E-state index in [0.29, 0.717) is 12.8 Å². The van der Waals surface area contributed by atoms with Crippen LogP contribution in [0, 0.1) is 5.82 Å². The average molecular weight is 319 g/mol. The molecule has 1 aromatic rings. The number of sulfone groups is 1. The normalized spacial score (nSPS) is 21.6. The molecule has 1 aliphatic heterocycles. The second-order valence-corrected chi connectivity index (χ2v) is 9.62. The molecule has 1 aromatic carbocycles. The molecular weight excluding hydrogens is 305 g/mol. The highest BCUT2D eigenvalue weighted by molar-refractivity contribution is 7.93. The average Bonchev–Trinajstić information content (AvgIpc) is 3.10. The first-order valence-corrected chi connectivity index (χ1v) is 9.35. The van der Waals surface area contributed by atoms with Crippen molar-refractivity contribution in [2.45, 2.75) is 28.2 Å². The third-order valence-electron chi connectivity index (χ3n) is 3.70. The zero-order valence-corrected chi connectivity index (χ0v) is 12.2. The molecule has 1 saturated heterocycles. The van der Waals surface area contributed by atoms with Crippen molar-refractivity contribution in [3.8, 4) is 0 Å². The zero-order valence-electron chi connectivity index (χ0n) is 10.6. The van der Waals surface area contributed by atoms with Gasteiger partial charge in [-0.1, -0.05) is 0 Å². The van der Waals surface area contributed by atoms with E-state index in [1.54, 1.807) is 0 Å². The van der Waals surface area contributed by atoms with Gasteiger partial charge in [0.15, 0.2) is 9.84 Å². The Kier molecular flexibility index (Phi) is 3.15. The molecule has 0 unspecified atom stereocenters. The smallest absolute Gasteiger partial charge is 0.217 e. The van der Waals surface area contributed by atoms with Gasteiger partial charge >= 0.3 is 0 Å². The lowest BCUT2D eigenvalue weighted by molar-refractivity contribution is 0.309. The number of benzene rings is 1. The summed E-state index contributed by atoms with van der Waals surface area (Å²) in [7, 11) is -6.89. The molecule has 0 N–H and O–H groups in total. The third kappa shape index (κ3) is 2.25. The Hall–Kier alpha value is -0.990. The fourth-order valence-corrected chi connectivity index (χ4v) is 5.97. The highest BCUT2D eigenvalue weighted by atomic mass is 32.2. The van der Waals surface area contributed by atoms with E-state index in [9.17, 15) is 21.2 Å². The van der Waals surface area contributed by atoms with Crippen LogP contribution < -0.4 is 0 Å². The van der Waals surface area contributed by atoms with E-state index >= 15 is 0 Å². The van der Waals surface area contributed by atoms with Gasteiger partial charge < -0.3 is 0 Å². The molecule has 0 aromatic heterocycles. The van der Waals surface area contributed by atoms with E-state index in [4.69, 9.17) is 0 Å². The van der Waals surface area contributed by atoms with Crippen molar-refractivity contribution in [2.24, 2.45) is 0 Å². The summed E-state index contributed by atoms with van der Waals surface area (Å²) in [6.45, 7) is -0.00289. The number of rotatable bonds is 4. The molecule has 0 atom stereocenters. The fraction of sp³-hybridized carbons (Fsp3) is 0.500. The molecule has 0 bridgehead atoms. The van der Waals surface area contributed by atoms with Crippen LogP contribution in [0.5, 0.6) is 0 Å². The maximum Gasteiger partial charge on any atom is 0.217 e. The Labute approximate surface area is 117 Å². The van der Waals surface area contributed by atoms with Gasteiger partial charge in [-0.2, -0.15) is 4.31 Å². The summed E-state index contributed by atoms with van der Waals surface area (Å²) in [5.74, 6) is -0.504. The summed E-state index contributed by atoms with van der Waals surface area (Å²) >= 11 is 0. The van der Waals surface area contributed by atoms with E-state index in [1.165, 1.54) is 16.4 Å². The van der Waals surface area contributed by atoms with Gasteiger partial charge in [0.1, 0.15) is 5.82 Å². The minimum absolute atomic E-state index is 0.00145. The Bertz CT molecular complexity index is 717. The summed E-state index contributed by atoms with van der Waals surface area (Å²) in [5.41, 5.74) is 0. The molecule has 3 rings (SSSR count). The van der Waals surface area contributed by atoms with Gasteiger partial charge in [0.2, 0.25) is 10.0 Å². The second kappa shape index (κ2) is 4.51. The number of nitrogens with zero attached hydrogens (tertiary/aromatic N) is 1. The first kappa shape index (κ1) is 14.0. The van der Waals surface area contributed by atoms with Crippen LogP contribution in [0.2, 0.25) is 0 Å². The molecule has 0 spiro atoms. The first-order valence-electron chi connectivity index (χ1n) is 6.30. The van der Waals surface area contributed by atoms with E-state index < -0.39 is 30.9 Å². The molecule has 1 heterocycles. The van der Waals surface area contributed by atoms with Crippen LogP contribution in [0.1, 0.15) is 12.8 Å². The lowest BCUT2D eigenvalue weighted by atomic mass is 10.3. The summed E-state index contributed by atoms with van der Waals surface area (Å²) < 4.78 is 62.3. The van der Waals surface area contributed by atoms with Crippen LogP contribution in [0.15, 0.2) is 29.2 Å². The monoisotopic (exact) mass is 319 g/mol. The molecule has 110 valence electrons. The Morgan fingerprint density at radius 1 is 0.950 bits per heavy atom. The molecular formula is C12H14FNO4S2. The van der Waals surface area contributed by atoms with Crippen molar-refractivity contribution in [1.82, 2.24) is 4.31 Å². The number of hydrogen-bond acceptors (Lipinski definition) is 4. The Balaban J connectivity index is 1.74. The number of sulfonamides is 1.